The number of hydrogen-bond acceptors (Lipinski definition) is 2. The molecule has 2 rings (SSSR count). The van der Waals surface area contributed by atoms with Gasteiger partial charge in [0.2, 0.25) is 0 Å². The first-order valence-corrected chi connectivity index (χ1v) is 6.53. The minimum Gasteiger partial charge on any atom is -0.492 e. The lowest BCUT2D eigenvalue weighted by atomic mass is 10.0. The monoisotopic (exact) mass is 284 g/mol. The van der Waals surface area contributed by atoms with Gasteiger partial charge in [-0.15, -0.1) is 0 Å². The zero-order valence-corrected chi connectivity index (χ0v) is 11.0. The molecule has 1 atom stereocenters. The molecule has 88 valence electrons. The van der Waals surface area contributed by atoms with Gasteiger partial charge in [0.25, 0.3) is 0 Å². The van der Waals surface area contributed by atoms with Gasteiger partial charge in [-0.2, -0.15) is 0 Å². The zero-order chi connectivity index (χ0) is 11.5. The molecular weight excluding hydrogens is 268 g/mol. The fraction of sp³-hybridized carbons (Fsp3) is 0.538. The highest BCUT2D eigenvalue weighted by Gasteiger charge is 2.23. The van der Waals surface area contributed by atoms with Crippen LogP contribution in [0, 0.1) is 5.92 Å². The first-order chi connectivity index (χ1) is 7.72. The second kappa shape index (κ2) is 5.19. The van der Waals surface area contributed by atoms with Crippen LogP contribution in [-0.4, -0.2) is 18.3 Å². The highest BCUT2D eigenvalue weighted by atomic mass is 79.9. The lowest BCUT2D eigenvalue weighted by Gasteiger charge is -2.16. The van der Waals surface area contributed by atoms with Crippen LogP contribution in [0.5, 0.6) is 5.75 Å². The Morgan fingerprint density at radius 2 is 2.25 bits per heavy atom. The van der Waals surface area contributed by atoms with Gasteiger partial charge >= 0.3 is 0 Å². The van der Waals surface area contributed by atoms with Gasteiger partial charge < -0.3 is 9.84 Å². The van der Waals surface area contributed by atoms with E-state index >= 15 is 0 Å². The number of aliphatic hydroxyl groups excluding tert-OH is 1. The van der Waals surface area contributed by atoms with Crippen LogP contribution in [0.3, 0.4) is 0 Å². The fourth-order valence-electron chi connectivity index (χ4n) is 1.65. The van der Waals surface area contributed by atoms with E-state index in [1.54, 1.807) is 0 Å². The van der Waals surface area contributed by atoms with Gasteiger partial charge in [0.1, 0.15) is 5.75 Å². The molecule has 1 N–H and O–H groups in total. The minimum atomic E-state index is 0.117. The maximum Gasteiger partial charge on any atom is 0.137 e. The highest BCUT2D eigenvalue weighted by Crippen LogP contribution is 2.36. The molecule has 1 aromatic rings. The van der Waals surface area contributed by atoms with E-state index in [1.807, 2.05) is 25.1 Å². The molecule has 1 saturated carbocycles. The average molecular weight is 285 g/mol. The summed E-state index contributed by atoms with van der Waals surface area (Å²) in [6, 6.07) is 5.99. The van der Waals surface area contributed by atoms with Crippen molar-refractivity contribution in [3.63, 3.8) is 0 Å². The number of benzene rings is 1. The second-order valence-corrected chi connectivity index (χ2v) is 5.35. The molecular formula is C13H17BrO2. The van der Waals surface area contributed by atoms with Crippen LogP contribution in [0.15, 0.2) is 22.7 Å². The molecule has 1 aliphatic carbocycles. The van der Waals surface area contributed by atoms with Crippen molar-refractivity contribution >= 4 is 15.9 Å². The van der Waals surface area contributed by atoms with Crippen LogP contribution in [-0.2, 0) is 0 Å². The molecule has 2 nitrogen and oxygen atoms in total. The topological polar surface area (TPSA) is 29.5 Å². The van der Waals surface area contributed by atoms with Crippen LogP contribution < -0.4 is 4.74 Å². The van der Waals surface area contributed by atoms with E-state index in [2.05, 4.69) is 15.9 Å². The van der Waals surface area contributed by atoms with Gasteiger partial charge in [-0.25, -0.2) is 0 Å². The van der Waals surface area contributed by atoms with Crippen LogP contribution in [0.25, 0.3) is 0 Å². The Labute approximate surface area is 105 Å². The van der Waals surface area contributed by atoms with E-state index in [1.165, 1.54) is 12.8 Å². The van der Waals surface area contributed by atoms with E-state index in [4.69, 9.17) is 4.74 Å². The molecule has 0 spiro atoms. The molecule has 0 aliphatic heterocycles. The SMILES string of the molecule is CC(CO)c1cccc(Br)c1OCC1CC1. The molecule has 3 heteroatoms. The Bertz CT molecular complexity index is 361. The van der Waals surface area contributed by atoms with Gasteiger partial charge in [0.15, 0.2) is 0 Å². The van der Waals surface area contributed by atoms with E-state index in [0.717, 1.165) is 28.3 Å². The first kappa shape index (κ1) is 11.9. The summed E-state index contributed by atoms with van der Waals surface area (Å²) in [6.07, 6.45) is 2.57. The summed E-state index contributed by atoms with van der Waals surface area (Å²) in [4.78, 5) is 0. The second-order valence-electron chi connectivity index (χ2n) is 4.50. The number of halogens is 1. The van der Waals surface area contributed by atoms with Crippen LogP contribution >= 0.6 is 15.9 Å². The minimum absolute atomic E-state index is 0.117. The fourth-order valence-corrected chi connectivity index (χ4v) is 2.15. The standard InChI is InChI=1S/C13H17BrO2/c1-9(7-15)11-3-2-4-12(14)13(11)16-8-10-5-6-10/h2-4,9-10,15H,5-8H2,1H3. The van der Waals surface area contributed by atoms with Crippen molar-refractivity contribution in [3.05, 3.63) is 28.2 Å². The summed E-state index contributed by atoms with van der Waals surface area (Å²) >= 11 is 3.51. The van der Waals surface area contributed by atoms with E-state index in [0.29, 0.717) is 0 Å². The third-order valence-corrected chi connectivity index (χ3v) is 3.59. The smallest absolute Gasteiger partial charge is 0.137 e. The molecule has 16 heavy (non-hydrogen) atoms. The Kier molecular flexibility index (Phi) is 3.87. The van der Waals surface area contributed by atoms with Crippen molar-refractivity contribution in [1.29, 1.82) is 0 Å². The van der Waals surface area contributed by atoms with Gasteiger partial charge in [-0.3, -0.25) is 0 Å². The van der Waals surface area contributed by atoms with Gasteiger partial charge in [0, 0.05) is 18.1 Å². The molecule has 0 bridgehead atoms. The van der Waals surface area contributed by atoms with E-state index < -0.39 is 0 Å². The largest absolute Gasteiger partial charge is 0.492 e. The molecule has 1 aliphatic rings. The number of rotatable bonds is 5. The van der Waals surface area contributed by atoms with Crippen molar-refractivity contribution in [3.8, 4) is 5.75 Å². The lowest BCUT2D eigenvalue weighted by Crippen LogP contribution is -2.06. The number of aliphatic hydroxyl groups is 1. The summed E-state index contributed by atoms with van der Waals surface area (Å²) in [5, 5.41) is 9.22. The zero-order valence-electron chi connectivity index (χ0n) is 9.45. The Balaban J connectivity index is 2.17. The summed E-state index contributed by atoms with van der Waals surface area (Å²) < 4.78 is 6.83. The van der Waals surface area contributed by atoms with Crippen molar-refractivity contribution in [1.82, 2.24) is 0 Å². The van der Waals surface area contributed by atoms with E-state index in [9.17, 15) is 5.11 Å². The van der Waals surface area contributed by atoms with E-state index in [-0.39, 0.29) is 12.5 Å². The number of ether oxygens (including phenoxy) is 1. The third-order valence-electron chi connectivity index (χ3n) is 2.96. The maximum atomic E-state index is 9.22. The van der Waals surface area contributed by atoms with Gasteiger partial charge in [-0.1, -0.05) is 19.1 Å². The van der Waals surface area contributed by atoms with Gasteiger partial charge in [-0.05, 0) is 40.8 Å². The molecule has 1 fully saturated rings. The van der Waals surface area contributed by atoms with Gasteiger partial charge in [0.05, 0.1) is 11.1 Å². The van der Waals surface area contributed by atoms with Crippen LogP contribution in [0.2, 0.25) is 0 Å². The predicted octanol–water partition coefficient (Wildman–Crippen LogP) is 3.33. The summed E-state index contributed by atoms with van der Waals surface area (Å²) in [5.41, 5.74) is 1.08. The summed E-state index contributed by atoms with van der Waals surface area (Å²) in [6.45, 7) is 2.95. The van der Waals surface area contributed by atoms with Crippen LogP contribution in [0.1, 0.15) is 31.2 Å². The Morgan fingerprint density at radius 3 is 2.88 bits per heavy atom. The Hall–Kier alpha value is -0.540. The predicted molar refractivity (Wildman–Crippen MR) is 67.9 cm³/mol. The molecule has 1 aromatic carbocycles. The summed E-state index contributed by atoms with van der Waals surface area (Å²) in [7, 11) is 0. The molecule has 0 aromatic heterocycles. The normalized spacial score (nSPS) is 17.2. The van der Waals surface area contributed by atoms with Crippen LogP contribution in [0.4, 0.5) is 0 Å². The van der Waals surface area contributed by atoms with Crippen molar-refractivity contribution < 1.29 is 9.84 Å². The quantitative estimate of drug-likeness (QED) is 0.899. The van der Waals surface area contributed by atoms with Crippen molar-refractivity contribution in [2.75, 3.05) is 13.2 Å². The first-order valence-electron chi connectivity index (χ1n) is 5.74. The molecule has 1 unspecified atom stereocenters. The summed E-state index contributed by atoms with van der Waals surface area (Å²) in [5.74, 6) is 1.76. The van der Waals surface area contributed by atoms with Crippen molar-refractivity contribution in [2.24, 2.45) is 5.92 Å². The average Bonchev–Trinajstić information content (AvgIpc) is 3.10. The molecule has 0 saturated heterocycles. The molecule has 0 heterocycles. The lowest BCUT2D eigenvalue weighted by molar-refractivity contribution is 0.261. The number of para-hydroxylation sites is 1. The van der Waals surface area contributed by atoms with Crippen molar-refractivity contribution in [2.45, 2.75) is 25.7 Å². The highest BCUT2D eigenvalue weighted by molar-refractivity contribution is 9.10. The number of hydrogen-bond donors (Lipinski definition) is 1. The molecule has 0 radical (unpaired) electrons. The Morgan fingerprint density at radius 1 is 1.50 bits per heavy atom. The third kappa shape index (κ3) is 2.77. The molecule has 0 amide bonds. The maximum absolute atomic E-state index is 9.22.